The highest BCUT2D eigenvalue weighted by atomic mass is 32.3. The first-order chi connectivity index (χ1) is 33.6. The first kappa shape index (κ1) is 64.3. The maximum Gasteiger partial charge on any atom is 0.397 e. The highest BCUT2D eigenvalue weighted by Crippen LogP contribution is 2.33. The molecule has 10 unspecified atom stereocenters. The summed E-state index contributed by atoms with van der Waals surface area (Å²) in [5.74, 6) is -1.19. The molecule has 12 atom stereocenters. The summed E-state index contributed by atoms with van der Waals surface area (Å²) < 4.78 is 66.7. The fraction of sp³-hybridized carbons (Fsp3) is 0.925. The minimum Gasteiger partial charge on any atom is -0.453 e. The molecule has 2 rings (SSSR count). The van der Waals surface area contributed by atoms with Gasteiger partial charge in [0.05, 0.1) is 13.2 Å². The molecular formula is C53H98O16S. The number of allylic oxidation sites excluding steroid dienone is 1. The van der Waals surface area contributed by atoms with Crippen LogP contribution in [0.4, 0.5) is 0 Å². The number of ether oxygens (including phenoxy) is 5. The summed E-state index contributed by atoms with van der Waals surface area (Å²) in [7, 11) is -5.31. The lowest BCUT2D eigenvalue weighted by atomic mass is 9.91. The van der Waals surface area contributed by atoms with Crippen LogP contribution in [0.3, 0.4) is 0 Å². The molecule has 0 aromatic rings. The fourth-order valence-electron chi connectivity index (χ4n) is 9.67. The SMILES string of the molecule is CCCCCCCCCCCCCCCC[C@H](C)C[C@H](C)/C=C(\C)C(=O)OC1C(O)C(CO)OC(OC2OC(CO)C(O)C(O)C2OS(=O)(=O)O)C1OC(=O)CCCCCCCCCCCCCCC. The van der Waals surface area contributed by atoms with E-state index in [1.807, 2.05) is 6.92 Å². The zero-order chi connectivity index (χ0) is 51.7. The smallest absolute Gasteiger partial charge is 0.397 e. The summed E-state index contributed by atoms with van der Waals surface area (Å²) in [6, 6.07) is 0. The normalized spacial score (nSPS) is 26.2. The van der Waals surface area contributed by atoms with E-state index in [0.717, 1.165) is 51.4 Å². The Kier molecular flexibility index (Phi) is 34.8. The van der Waals surface area contributed by atoms with Crippen molar-refractivity contribution in [3.05, 3.63) is 11.6 Å². The van der Waals surface area contributed by atoms with E-state index in [0.29, 0.717) is 12.3 Å². The molecule has 0 saturated carbocycles. The largest absolute Gasteiger partial charge is 0.453 e. The molecule has 16 nitrogen and oxygen atoms in total. The predicted octanol–water partition coefficient (Wildman–Crippen LogP) is 9.49. The molecular weight excluding hydrogens is 925 g/mol. The van der Waals surface area contributed by atoms with Gasteiger partial charge in [-0.05, 0) is 31.6 Å². The van der Waals surface area contributed by atoms with Crippen molar-refractivity contribution in [3.8, 4) is 0 Å². The van der Waals surface area contributed by atoms with Crippen LogP contribution in [0.5, 0.6) is 0 Å². The first-order valence-corrected chi connectivity index (χ1v) is 28.9. The third kappa shape index (κ3) is 27.0. The Balaban J connectivity index is 2.07. The van der Waals surface area contributed by atoms with Crippen LogP contribution in [0.15, 0.2) is 11.6 Å². The molecule has 2 aliphatic rings. The Labute approximate surface area is 422 Å². The van der Waals surface area contributed by atoms with Crippen molar-refractivity contribution < 1.29 is 76.0 Å². The van der Waals surface area contributed by atoms with Crippen molar-refractivity contribution in [2.45, 2.75) is 289 Å². The van der Waals surface area contributed by atoms with Crippen molar-refractivity contribution in [1.29, 1.82) is 0 Å². The zero-order valence-corrected chi connectivity index (χ0v) is 44.6. The Morgan fingerprint density at radius 3 is 1.43 bits per heavy atom. The van der Waals surface area contributed by atoms with E-state index in [-0.39, 0.29) is 17.9 Å². The summed E-state index contributed by atoms with van der Waals surface area (Å²) >= 11 is 0. The van der Waals surface area contributed by atoms with Gasteiger partial charge in [0.25, 0.3) is 0 Å². The van der Waals surface area contributed by atoms with Gasteiger partial charge in [-0.1, -0.05) is 207 Å². The Morgan fingerprint density at radius 2 is 0.986 bits per heavy atom. The molecule has 2 heterocycles. The van der Waals surface area contributed by atoms with E-state index in [9.17, 15) is 48.1 Å². The lowest BCUT2D eigenvalue weighted by Crippen LogP contribution is -2.65. The predicted molar refractivity (Wildman–Crippen MR) is 269 cm³/mol. The zero-order valence-electron chi connectivity index (χ0n) is 43.8. The van der Waals surface area contributed by atoms with Gasteiger partial charge in [-0.15, -0.1) is 0 Å². The van der Waals surface area contributed by atoms with Gasteiger partial charge in [0.15, 0.2) is 24.6 Å². The van der Waals surface area contributed by atoms with Crippen molar-refractivity contribution in [2.75, 3.05) is 13.2 Å². The van der Waals surface area contributed by atoms with E-state index < -0.39 is 97.0 Å². The maximum atomic E-state index is 13.8. The highest BCUT2D eigenvalue weighted by molar-refractivity contribution is 7.80. The second-order valence-corrected chi connectivity index (χ2v) is 21.5. The van der Waals surface area contributed by atoms with Gasteiger partial charge in [-0.25, -0.2) is 8.98 Å². The molecule has 0 aromatic carbocycles. The number of rotatable bonds is 41. The van der Waals surface area contributed by atoms with Crippen molar-refractivity contribution in [3.63, 3.8) is 0 Å². The number of hydrogen-bond donors (Lipinski definition) is 6. The molecule has 0 amide bonds. The first-order valence-electron chi connectivity index (χ1n) is 27.5. The maximum absolute atomic E-state index is 13.8. The minimum absolute atomic E-state index is 0.00605. The molecule has 412 valence electrons. The Bertz CT molecular complexity index is 1500. The van der Waals surface area contributed by atoms with Crippen molar-refractivity contribution in [2.24, 2.45) is 11.8 Å². The van der Waals surface area contributed by atoms with Gasteiger partial charge in [0.2, 0.25) is 6.29 Å². The van der Waals surface area contributed by atoms with Crippen molar-refractivity contribution in [1.82, 2.24) is 0 Å². The molecule has 0 bridgehead atoms. The van der Waals surface area contributed by atoms with Gasteiger partial charge in [-0.2, -0.15) is 8.42 Å². The van der Waals surface area contributed by atoms with E-state index >= 15 is 0 Å². The van der Waals surface area contributed by atoms with Crippen LogP contribution in [0, 0.1) is 11.8 Å². The second kappa shape index (κ2) is 37.9. The van der Waals surface area contributed by atoms with Crippen LogP contribution in [-0.2, 0) is 47.9 Å². The lowest BCUT2D eigenvalue weighted by Gasteiger charge is -2.46. The average Bonchev–Trinajstić information content (AvgIpc) is 3.31. The summed E-state index contributed by atoms with van der Waals surface area (Å²) in [5.41, 5.74) is 0.227. The quantitative estimate of drug-likeness (QED) is 0.0144. The minimum atomic E-state index is -5.31. The van der Waals surface area contributed by atoms with E-state index in [4.69, 9.17) is 23.7 Å². The number of aliphatic hydroxyl groups excluding tert-OH is 5. The summed E-state index contributed by atoms with van der Waals surface area (Å²) in [6.45, 7) is 8.54. The second-order valence-electron chi connectivity index (χ2n) is 20.4. The number of aliphatic hydroxyl groups is 5. The van der Waals surface area contributed by atoms with Gasteiger partial charge in [0.1, 0.15) is 30.5 Å². The van der Waals surface area contributed by atoms with Crippen LogP contribution in [-0.4, -0.2) is 125 Å². The number of unbranched alkanes of at least 4 members (excludes halogenated alkanes) is 25. The van der Waals surface area contributed by atoms with Crippen LogP contribution in [0.2, 0.25) is 0 Å². The van der Waals surface area contributed by atoms with Gasteiger partial charge < -0.3 is 49.2 Å². The van der Waals surface area contributed by atoms with E-state index in [1.54, 1.807) is 13.0 Å². The molecule has 2 aliphatic heterocycles. The monoisotopic (exact) mass is 1020 g/mol. The molecule has 0 aliphatic carbocycles. The Hall–Kier alpha value is -1.77. The van der Waals surface area contributed by atoms with Crippen LogP contribution in [0.1, 0.15) is 227 Å². The molecule has 0 aromatic heterocycles. The van der Waals surface area contributed by atoms with E-state index in [1.165, 1.54) is 128 Å². The van der Waals surface area contributed by atoms with Crippen LogP contribution < -0.4 is 0 Å². The third-order valence-corrected chi connectivity index (χ3v) is 14.3. The van der Waals surface area contributed by atoms with E-state index in [2.05, 4.69) is 25.0 Å². The number of carbonyl (C=O) groups is 2. The molecule has 0 spiro atoms. The number of esters is 2. The van der Waals surface area contributed by atoms with Crippen LogP contribution >= 0.6 is 0 Å². The molecule has 17 heteroatoms. The van der Waals surface area contributed by atoms with Crippen molar-refractivity contribution >= 4 is 22.3 Å². The lowest BCUT2D eigenvalue weighted by molar-refractivity contribution is -0.374. The molecule has 0 radical (unpaired) electrons. The van der Waals surface area contributed by atoms with Crippen LogP contribution in [0.25, 0.3) is 0 Å². The summed E-state index contributed by atoms with van der Waals surface area (Å²) in [4.78, 5) is 27.3. The molecule has 2 saturated heterocycles. The van der Waals surface area contributed by atoms with Gasteiger partial charge in [-0.3, -0.25) is 9.35 Å². The summed E-state index contributed by atoms with van der Waals surface area (Å²) in [5, 5.41) is 52.8. The fourth-order valence-corrected chi connectivity index (χ4v) is 10.2. The molecule has 2 fully saturated rings. The standard InChI is InChI=1S/C53H98O16S/c1-6-8-10-12-14-16-18-20-22-23-25-27-29-31-33-39(3)35-40(4)36-41(5)51(60)67-48-46(58)43(38-55)65-53(68-52-49(69-70(61,62)63)47(59)45(57)42(37-54)64-52)50(48)66-44(56)34-32-30-28-26-24-21-19-17-15-13-11-9-7-2/h36,39-40,42-43,45-50,52-55,57-59H,6-35,37-38H2,1-5H3,(H,61,62,63)/b41-36+/t39-,40-,42?,43?,45?,46?,47?,48?,49?,50?,52?,53?/m0/s1. The topological polar surface area (TPSA) is 245 Å². The Morgan fingerprint density at radius 1 is 0.571 bits per heavy atom. The average molecular weight is 1020 g/mol. The highest BCUT2D eigenvalue weighted by Gasteiger charge is 2.54. The third-order valence-electron chi connectivity index (χ3n) is 13.8. The van der Waals surface area contributed by atoms with Gasteiger partial charge >= 0.3 is 22.3 Å². The summed E-state index contributed by atoms with van der Waals surface area (Å²) in [6.07, 6.45) is 17.8. The number of hydrogen-bond acceptors (Lipinski definition) is 15. The molecule has 70 heavy (non-hydrogen) atoms. The van der Waals surface area contributed by atoms with Gasteiger partial charge in [0, 0.05) is 12.0 Å². The molecule has 6 N–H and O–H groups in total. The number of carbonyl (C=O) groups excluding carboxylic acids is 2.